The molecule has 2 rings (SSSR count). The van der Waals surface area contributed by atoms with Crippen LogP contribution in [0.4, 0.5) is 5.82 Å². The van der Waals surface area contributed by atoms with Gasteiger partial charge in [-0.3, -0.25) is 4.79 Å². The number of hydrogen-bond acceptors (Lipinski definition) is 5. The number of nitrogens with zero attached hydrogens (tertiary/aromatic N) is 1. The van der Waals surface area contributed by atoms with Gasteiger partial charge in [-0.1, -0.05) is 12.1 Å². The summed E-state index contributed by atoms with van der Waals surface area (Å²) in [6.07, 6.45) is 2.50. The molecule has 0 atom stereocenters. The van der Waals surface area contributed by atoms with Crippen molar-refractivity contribution in [2.45, 2.75) is 11.4 Å². The number of benzene rings is 1. The second-order valence-corrected chi connectivity index (χ2v) is 7.26. The zero-order valence-corrected chi connectivity index (χ0v) is 13.5. The summed E-state index contributed by atoms with van der Waals surface area (Å²) in [6, 6.07) is 6.57. The number of aromatic amines is 1. The first-order valence-corrected chi connectivity index (χ1v) is 8.61. The molecule has 1 heterocycles. The van der Waals surface area contributed by atoms with Crippen LogP contribution in [0.3, 0.4) is 0 Å². The van der Waals surface area contributed by atoms with E-state index in [0.29, 0.717) is 15.9 Å². The first-order chi connectivity index (χ1) is 9.38. The Morgan fingerprint density at radius 1 is 1.30 bits per heavy atom. The monoisotopic (exact) mass is 405 g/mol. The Kier molecular flexibility index (Phi) is 4.43. The van der Waals surface area contributed by atoms with Crippen LogP contribution in [-0.2, 0) is 16.4 Å². The van der Waals surface area contributed by atoms with Gasteiger partial charge in [-0.2, -0.15) is 0 Å². The smallest absolute Gasteiger partial charge is 0.266 e. The zero-order valence-electron chi connectivity index (χ0n) is 10.6. The van der Waals surface area contributed by atoms with E-state index in [2.05, 4.69) is 15.3 Å². The van der Waals surface area contributed by atoms with Crippen LogP contribution in [0.1, 0.15) is 5.56 Å². The van der Waals surface area contributed by atoms with Crippen LogP contribution >= 0.6 is 22.6 Å². The van der Waals surface area contributed by atoms with Crippen LogP contribution in [0.2, 0.25) is 0 Å². The molecular formula is C12H12IN3O3S. The lowest BCUT2D eigenvalue weighted by Gasteiger charge is -2.07. The number of rotatable bonds is 4. The van der Waals surface area contributed by atoms with Crippen molar-refractivity contribution in [3.05, 3.63) is 50.1 Å². The summed E-state index contributed by atoms with van der Waals surface area (Å²) in [6.45, 7) is 0.455. The largest absolute Gasteiger partial charge is 0.365 e. The van der Waals surface area contributed by atoms with Crippen LogP contribution in [0.25, 0.3) is 0 Å². The van der Waals surface area contributed by atoms with Crippen molar-refractivity contribution in [1.82, 2.24) is 9.97 Å². The molecule has 0 radical (unpaired) electrons. The van der Waals surface area contributed by atoms with Crippen molar-refractivity contribution in [2.75, 3.05) is 11.6 Å². The number of halogens is 1. The Bertz CT molecular complexity index is 769. The minimum Gasteiger partial charge on any atom is -0.365 e. The quantitative estimate of drug-likeness (QED) is 0.751. The highest BCUT2D eigenvalue weighted by atomic mass is 127. The van der Waals surface area contributed by atoms with Crippen molar-refractivity contribution < 1.29 is 8.42 Å². The maximum absolute atomic E-state index is 11.4. The molecule has 0 saturated carbocycles. The predicted octanol–water partition coefficient (Wildman–Crippen LogP) is 1.39. The molecule has 6 nitrogen and oxygen atoms in total. The molecule has 0 fully saturated rings. The first-order valence-electron chi connectivity index (χ1n) is 5.64. The summed E-state index contributed by atoms with van der Waals surface area (Å²) in [5.74, 6) is 0.501. The lowest BCUT2D eigenvalue weighted by Crippen LogP contribution is -2.14. The van der Waals surface area contributed by atoms with E-state index in [9.17, 15) is 13.2 Å². The molecule has 8 heteroatoms. The Hall–Kier alpha value is -1.42. The number of aromatic nitrogens is 2. The molecule has 0 aliphatic carbocycles. The third kappa shape index (κ3) is 3.57. The number of anilines is 1. The highest BCUT2D eigenvalue weighted by molar-refractivity contribution is 14.1. The standard InChI is InChI=1S/C12H12IN3O3S/c1-20(18,19)9-4-2-8(3-5-9)6-14-11-10(13)12(17)16-7-15-11/h2-5,7H,6H2,1H3,(H2,14,15,16,17). The number of nitrogens with one attached hydrogen (secondary N) is 2. The molecule has 0 amide bonds. The minimum atomic E-state index is -3.18. The Labute approximate surface area is 129 Å². The van der Waals surface area contributed by atoms with Crippen molar-refractivity contribution in [1.29, 1.82) is 0 Å². The van der Waals surface area contributed by atoms with E-state index in [-0.39, 0.29) is 10.5 Å². The molecule has 0 bridgehead atoms. The molecule has 106 valence electrons. The average molecular weight is 405 g/mol. The molecule has 1 aromatic heterocycles. The molecular weight excluding hydrogens is 393 g/mol. The van der Waals surface area contributed by atoms with Gasteiger partial charge in [0.2, 0.25) is 0 Å². The number of H-pyrrole nitrogens is 1. The van der Waals surface area contributed by atoms with Gasteiger partial charge in [0.15, 0.2) is 9.84 Å². The molecule has 0 aliphatic heterocycles. The van der Waals surface area contributed by atoms with E-state index in [1.54, 1.807) is 24.3 Å². The molecule has 1 aromatic carbocycles. The van der Waals surface area contributed by atoms with Gasteiger partial charge >= 0.3 is 0 Å². The van der Waals surface area contributed by atoms with Crippen molar-refractivity contribution in [2.24, 2.45) is 0 Å². The summed E-state index contributed by atoms with van der Waals surface area (Å²) in [7, 11) is -3.18. The molecule has 2 N–H and O–H groups in total. The van der Waals surface area contributed by atoms with Crippen molar-refractivity contribution >= 4 is 38.2 Å². The fourth-order valence-corrected chi connectivity index (χ4v) is 2.66. The summed E-state index contributed by atoms with van der Waals surface area (Å²) in [5, 5.41) is 3.04. The molecule has 20 heavy (non-hydrogen) atoms. The Morgan fingerprint density at radius 2 is 1.95 bits per heavy atom. The van der Waals surface area contributed by atoms with Gasteiger partial charge in [-0.15, -0.1) is 0 Å². The van der Waals surface area contributed by atoms with Gasteiger partial charge in [0.05, 0.1) is 11.2 Å². The van der Waals surface area contributed by atoms with Crippen LogP contribution in [0.5, 0.6) is 0 Å². The number of hydrogen-bond donors (Lipinski definition) is 2. The molecule has 0 unspecified atom stereocenters. The SMILES string of the molecule is CS(=O)(=O)c1ccc(CNc2nc[nH]c(=O)c2I)cc1. The molecule has 2 aromatic rings. The molecule has 0 spiro atoms. The third-order valence-electron chi connectivity index (χ3n) is 2.61. The van der Waals surface area contributed by atoms with Gasteiger partial charge in [-0.25, -0.2) is 13.4 Å². The average Bonchev–Trinajstić information content (AvgIpc) is 2.40. The highest BCUT2D eigenvalue weighted by Gasteiger charge is 2.07. The summed E-state index contributed by atoms with van der Waals surface area (Å²) in [5.41, 5.74) is 0.700. The van der Waals surface area contributed by atoms with E-state index in [1.165, 1.54) is 12.6 Å². The fourth-order valence-electron chi connectivity index (χ4n) is 1.55. The highest BCUT2D eigenvalue weighted by Crippen LogP contribution is 2.13. The van der Waals surface area contributed by atoms with E-state index in [4.69, 9.17) is 0 Å². The summed E-state index contributed by atoms with van der Waals surface area (Å²) >= 11 is 1.92. The fraction of sp³-hybridized carbons (Fsp3) is 0.167. The predicted molar refractivity (Wildman–Crippen MR) is 84.5 cm³/mol. The maximum Gasteiger partial charge on any atom is 0.266 e. The Morgan fingerprint density at radius 3 is 2.55 bits per heavy atom. The molecule has 0 aliphatic rings. The normalized spacial score (nSPS) is 11.3. The van der Waals surface area contributed by atoms with Crippen molar-refractivity contribution in [3.63, 3.8) is 0 Å². The second kappa shape index (κ2) is 5.92. The van der Waals surface area contributed by atoms with Crippen LogP contribution < -0.4 is 10.9 Å². The van der Waals surface area contributed by atoms with Crippen LogP contribution in [-0.4, -0.2) is 24.6 Å². The van der Waals surface area contributed by atoms with Gasteiger partial charge in [0.1, 0.15) is 9.39 Å². The number of sulfone groups is 1. The van der Waals surface area contributed by atoms with E-state index >= 15 is 0 Å². The van der Waals surface area contributed by atoms with E-state index in [1.807, 2.05) is 22.6 Å². The zero-order chi connectivity index (χ0) is 14.8. The van der Waals surface area contributed by atoms with Crippen LogP contribution in [0.15, 0.2) is 40.3 Å². The van der Waals surface area contributed by atoms with Crippen molar-refractivity contribution in [3.8, 4) is 0 Å². The summed E-state index contributed by atoms with van der Waals surface area (Å²) < 4.78 is 23.2. The lowest BCUT2D eigenvalue weighted by atomic mass is 10.2. The van der Waals surface area contributed by atoms with E-state index in [0.717, 1.165) is 5.56 Å². The molecule has 0 saturated heterocycles. The first kappa shape index (κ1) is 15.0. The lowest BCUT2D eigenvalue weighted by molar-refractivity contribution is 0.602. The van der Waals surface area contributed by atoms with Gasteiger partial charge in [0.25, 0.3) is 5.56 Å². The third-order valence-corrected chi connectivity index (χ3v) is 4.74. The van der Waals surface area contributed by atoms with Crippen LogP contribution in [0, 0.1) is 3.57 Å². The second-order valence-electron chi connectivity index (χ2n) is 4.16. The van der Waals surface area contributed by atoms with Gasteiger partial charge < -0.3 is 10.3 Å². The topological polar surface area (TPSA) is 91.9 Å². The summed E-state index contributed by atoms with van der Waals surface area (Å²) in [4.78, 5) is 18.2. The van der Waals surface area contributed by atoms with Gasteiger partial charge in [0, 0.05) is 12.8 Å². The minimum absolute atomic E-state index is 0.199. The maximum atomic E-state index is 11.4. The Balaban J connectivity index is 2.12. The van der Waals surface area contributed by atoms with Gasteiger partial charge in [-0.05, 0) is 40.3 Å². The van der Waals surface area contributed by atoms with E-state index < -0.39 is 9.84 Å².